The third-order valence-electron chi connectivity index (χ3n) is 4.30. The minimum atomic E-state index is -4.72. The van der Waals surface area contributed by atoms with E-state index in [9.17, 15) is 22.8 Å². The molecule has 4 rings (SSSR count). The van der Waals surface area contributed by atoms with Crippen molar-refractivity contribution in [3.05, 3.63) is 70.9 Å². The van der Waals surface area contributed by atoms with Crippen LogP contribution in [0.4, 0.5) is 18.9 Å². The van der Waals surface area contributed by atoms with Gasteiger partial charge in [-0.15, -0.1) is 11.3 Å². The van der Waals surface area contributed by atoms with Crippen molar-refractivity contribution in [3.8, 4) is 10.6 Å². The number of halogens is 3. The second-order valence-corrected chi connectivity index (χ2v) is 7.24. The third-order valence-corrected chi connectivity index (χ3v) is 5.20. The number of rotatable bonds is 4. The largest absolute Gasteiger partial charge is 0.465 e. The van der Waals surface area contributed by atoms with Crippen molar-refractivity contribution in [2.45, 2.75) is 6.18 Å². The van der Waals surface area contributed by atoms with Gasteiger partial charge in [-0.3, -0.25) is 4.79 Å². The SMILES string of the molecule is COC(=O)c1ccccc1NC(=O)c1cc2nc(-c3cccs3)cc(C(F)(F)F)n2n1. The number of fused-ring (bicyclic) bond motifs is 1. The van der Waals surface area contributed by atoms with Crippen LogP contribution in [0.1, 0.15) is 26.5 Å². The van der Waals surface area contributed by atoms with E-state index in [0.717, 1.165) is 12.1 Å². The average molecular weight is 446 g/mol. The summed E-state index contributed by atoms with van der Waals surface area (Å²) in [4.78, 5) is 29.3. The van der Waals surface area contributed by atoms with Crippen LogP contribution in [0.3, 0.4) is 0 Å². The fraction of sp³-hybridized carbons (Fsp3) is 0.100. The second-order valence-electron chi connectivity index (χ2n) is 6.29. The number of nitrogens with one attached hydrogen (secondary N) is 1. The number of ether oxygens (including phenoxy) is 1. The van der Waals surface area contributed by atoms with Crippen molar-refractivity contribution in [2.75, 3.05) is 12.4 Å². The number of benzene rings is 1. The molecule has 158 valence electrons. The Bertz CT molecular complexity index is 1280. The number of hydrogen-bond acceptors (Lipinski definition) is 6. The smallest absolute Gasteiger partial charge is 0.433 e. The van der Waals surface area contributed by atoms with Gasteiger partial charge >= 0.3 is 12.1 Å². The molecule has 0 saturated carbocycles. The number of aromatic nitrogens is 3. The Kier molecular flexibility index (Phi) is 5.19. The minimum absolute atomic E-state index is 0.0937. The first-order valence-corrected chi connectivity index (χ1v) is 9.66. The number of esters is 1. The predicted molar refractivity (Wildman–Crippen MR) is 107 cm³/mol. The monoisotopic (exact) mass is 446 g/mol. The van der Waals surface area contributed by atoms with Crippen molar-refractivity contribution in [1.29, 1.82) is 0 Å². The number of para-hydroxylation sites is 1. The number of carbonyl (C=O) groups is 2. The molecule has 1 aromatic carbocycles. The number of thiophene rings is 1. The first-order chi connectivity index (χ1) is 14.8. The van der Waals surface area contributed by atoms with Crippen molar-refractivity contribution in [1.82, 2.24) is 14.6 Å². The van der Waals surface area contributed by atoms with Gasteiger partial charge < -0.3 is 10.1 Å². The normalized spacial score (nSPS) is 11.5. The van der Waals surface area contributed by atoms with Crippen LogP contribution in [-0.4, -0.2) is 33.6 Å². The highest BCUT2D eigenvalue weighted by molar-refractivity contribution is 7.13. The number of amides is 1. The van der Waals surface area contributed by atoms with Crippen molar-refractivity contribution in [2.24, 2.45) is 0 Å². The lowest BCUT2D eigenvalue weighted by Crippen LogP contribution is -2.17. The number of methoxy groups -OCH3 is 1. The molecule has 0 aliphatic carbocycles. The molecule has 0 atom stereocenters. The van der Waals surface area contributed by atoms with Gasteiger partial charge in [0.25, 0.3) is 5.91 Å². The Hall–Kier alpha value is -3.73. The lowest BCUT2D eigenvalue weighted by Gasteiger charge is -2.10. The molecule has 3 heterocycles. The summed E-state index contributed by atoms with van der Waals surface area (Å²) < 4.78 is 46.2. The van der Waals surface area contributed by atoms with Crippen LogP contribution in [0.15, 0.2) is 53.9 Å². The number of anilines is 1. The van der Waals surface area contributed by atoms with Crippen LogP contribution in [0.5, 0.6) is 0 Å². The van der Waals surface area contributed by atoms with E-state index in [1.165, 1.54) is 30.6 Å². The number of hydrogen-bond donors (Lipinski definition) is 1. The zero-order valence-corrected chi connectivity index (χ0v) is 16.6. The summed E-state index contributed by atoms with van der Waals surface area (Å²) in [6.45, 7) is 0. The fourth-order valence-corrected chi connectivity index (χ4v) is 3.59. The summed E-state index contributed by atoms with van der Waals surface area (Å²) in [6, 6.07) is 11.5. The molecule has 0 unspecified atom stereocenters. The van der Waals surface area contributed by atoms with Gasteiger partial charge in [0.15, 0.2) is 17.0 Å². The Labute approximate surface area is 177 Å². The van der Waals surface area contributed by atoms with Crippen molar-refractivity contribution in [3.63, 3.8) is 0 Å². The fourth-order valence-electron chi connectivity index (χ4n) is 2.90. The van der Waals surface area contributed by atoms with Crippen molar-refractivity contribution < 1.29 is 27.5 Å². The molecule has 0 radical (unpaired) electrons. The van der Waals surface area contributed by atoms with Crippen LogP contribution in [0, 0.1) is 0 Å². The van der Waals surface area contributed by atoms with E-state index in [-0.39, 0.29) is 28.3 Å². The molecule has 0 saturated heterocycles. The summed E-state index contributed by atoms with van der Waals surface area (Å²) in [5, 5.41) is 8.01. The van der Waals surface area contributed by atoms with E-state index in [1.807, 2.05) is 0 Å². The van der Waals surface area contributed by atoms with E-state index in [0.29, 0.717) is 9.39 Å². The first kappa shape index (κ1) is 20.5. The van der Waals surface area contributed by atoms with Gasteiger partial charge in [-0.1, -0.05) is 18.2 Å². The standard InChI is InChI=1S/C20H13F3N4O3S/c1-30-19(29)11-5-2-3-6-12(11)25-18(28)14-10-17-24-13(15-7-4-8-31-15)9-16(20(21,22)23)27(17)26-14/h2-10H,1H3,(H,25,28). The van der Waals surface area contributed by atoms with Gasteiger partial charge in [0.1, 0.15) is 0 Å². The van der Waals surface area contributed by atoms with Gasteiger partial charge in [-0.05, 0) is 29.6 Å². The highest BCUT2D eigenvalue weighted by atomic mass is 32.1. The molecule has 0 spiro atoms. The summed E-state index contributed by atoms with van der Waals surface area (Å²) >= 11 is 1.24. The van der Waals surface area contributed by atoms with Gasteiger partial charge in [0.05, 0.1) is 28.9 Å². The molecular weight excluding hydrogens is 433 g/mol. The zero-order chi connectivity index (χ0) is 22.2. The summed E-state index contributed by atoms with van der Waals surface area (Å²) in [6.07, 6.45) is -4.72. The second kappa shape index (κ2) is 7.84. The molecule has 7 nitrogen and oxygen atoms in total. The van der Waals surface area contributed by atoms with Gasteiger partial charge in [0, 0.05) is 6.07 Å². The third kappa shape index (κ3) is 3.99. The Morgan fingerprint density at radius 3 is 2.58 bits per heavy atom. The predicted octanol–water partition coefficient (Wildman–Crippen LogP) is 4.52. The number of carbonyl (C=O) groups excluding carboxylic acids is 2. The van der Waals surface area contributed by atoms with Crippen LogP contribution < -0.4 is 5.32 Å². The van der Waals surface area contributed by atoms with E-state index in [4.69, 9.17) is 0 Å². The van der Waals surface area contributed by atoms with Crippen LogP contribution in [0.2, 0.25) is 0 Å². The van der Waals surface area contributed by atoms with Crippen LogP contribution in [-0.2, 0) is 10.9 Å². The van der Waals surface area contributed by atoms with Gasteiger partial charge in [0.2, 0.25) is 0 Å². The van der Waals surface area contributed by atoms with Crippen LogP contribution >= 0.6 is 11.3 Å². The molecule has 0 fully saturated rings. The molecule has 1 N–H and O–H groups in total. The molecule has 0 aliphatic heterocycles. The molecule has 11 heteroatoms. The maximum atomic E-state index is 13.6. The molecule has 0 aliphatic rings. The topological polar surface area (TPSA) is 85.6 Å². The quantitative estimate of drug-likeness (QED) is 0.466. The van der Waals surface area contributed by atoms with E-state index in [2.05, 4.69) is 20.1 Å². The van der Waals surface area contributed by atoms with Gasteiger partial charge in [-0.2, -0.15) is 18.3 Å². The molecule has 31 heavy (non-hydrogen) atoms. The maximum Gasteiger partial charge on any atom is 0.433 e. The maximum absolute atomic E-state index is 13.6. The molecule has 1 amide bonds. The van der Waals surface area contributed by atoms with E-state index in [1.54, 1.807) is 29.6 Å². The first-order valence-electron chi connectivity index (χ1n) is 8.78. The Balaban J connectivity index is 1.76. The van der Waals surface area contributed by atoms with E-state index >= 15 is 0 Å². The summed E-state index contributed by atoms with van der Waals surface area (Å²) in [5.41, 5.74) is -1.13. The lowest BCUT2D eigenvalue weighted by molar-refractivity contribution is -0.142. The molecule has 4 aromatic rings. The Morgan fingerprint density at radius 2 is 1.90 bits per heavy atom. The molecular formula is C20H13F3N4O3S. The van der Waals surface area contributed by atoms with Gasteiger partial charge in [-0.25, -0.2) is 14.3 Å². The average Bonchev–Trinajstić information content (AvgIpc) is 3.42. The van der Waals surface area contributed by atoms with Crippen LogP contribution in [0.25, 0.3) is 16.2 Å². The van der Waals surface area contributed by atoms with Crippen molar-refractivity contribution >= 4 is 34.5 Å². The zero-order valence-electron chi connectivity index (χ0n) is 15.8. The lowest BCUT2D eigenvalue weighted by atomic mass is 10.1. The highest BCUT2D eigenvalue weighted by Gasteiger charge is 2.35. The van der Waals surface area contributed by atoms with E-state index < -0.39 is 23.7 Å². The molecule has 3 aromatic heterocycles. The minimum Gasteiger partial charge on any atom is -0.465 e. The number of nitrogens with zero attached hydrogens (tertiary/aromatic N) is 3. The Morgan fingerprint density at radius 1 is 1.13 bits per heavy atom. The number of alkyl halides is 3. The molecule has 0 bridgehead atoms. The summed E-state index contributed by atoms with van der Waals surface area (Å²) in [5.74, 6) is -1.47. The summed E-state index contributed by atoms with van der Waals surface area (Å²) in [7, 11) is 1.19. The highest BCUT2D eigenvalue weighted by Crippen LogP contribution is 2.33.